The van der Waals surface area contributed by atoms with Crippen LogP contribution < -0.4 is 16.1 Å². The lowest BCUT2D eigenvalue weighted by molar-refractivity contribution is -0.176. The van der Waals surface area contributed by atoms with Crippen LogP contribution in [-0.4, -0.2) is 83.0 Å². The monoisotopic (exact) mass is 583 g/mol. The van der Waals surface area contributed by atoms with E-state index in [0.717, 1.165) is 4.90 Å². The summed E-state index contributed by atoms with van der Waals surface area (Å²) in [5, 5.41) is 4.98. The second-order valence-corrected chi connectivity index (χ2v) is 12.0. The van der Waals surface area contributed by atoms with Crippen LogP contribution in [0.15, 0.2) is 0 Å². The highest BCUT2D eigenvalue weighted by Crippen LogP contribution is 2.65. The fraction of sp³-hybridized carbons (Fsp3) is 0.792. The predicted molar refractivity (Wildman–Crippen MR) is 130 cm³/mol. The molecule has 3 aliphatic rings. The summed E-state index contributed by atoms with van der Waals surface area (Å²) in [7, 11) is 0. The van der Waals surface area contributed by atoms with Crippen molar-refractivity contribution in [3.05, 3.63) is 0 Å². The number of hydrazine groups is 1. The van der Waals surface area contributed by atoms with E-state index in [2.05, 4.69) is 10.7 Å². The summed E-state index contributed by atoms with van der Waals surface area (Å²) < 4.78 is 53.0. The van der Waals surface area contributed by atoms with Gasteiger partial charge in [0.05, 0.1) is 12.5 Å². The Kier molecular flexibility index (Phi) is 8.50. The molecule has 0 aromatic heterocycles. The van der Waals surface area contributed by atoms with Gasteiger partial charge in [-0.1, -0.05) is 46.2 Å². The number of piperidine rings is 1. The highest BCUT2D eigenvalue weighted by molar-refractivity contribution is 6.29. The SMILES string of the molecule is CCC(C)(C)[C@H](NC(=O)C(F)(F)F)C(=O)N1C[C@H]2[C@@H]([C@H]1C(=O)NN(C[C@@H]1CCNC1=O)C(=O)[C@H](F)Cl)C2(C)C. The van der Waals surface area contributed by atoms with Crippen molar-refractivity contribution in [1.82, 2.24) is 26.0 Å². The molecule has 0 spiro atoms. The van der Waals surface area contributed by atoms with Gasteiger partial charge in [0.1, 0.15) is 12.1 Å². The number of nitrogens with one attached hydrogen (secondary N) is 3. The summed E-state index contributed by atoms with van der Waals surface area (Å²) in [5.74, 6) is -7.05. The minimum atomic E-state index is -5.23. The summed E-state index contributed by atoms with van der Waals surface area (Å²) in [6, 6.07) is -2.83. The molecular formula is C24H34ClF4N5O5. The first-order valence-corrected chi connectivity index (χ1v) is 13.1. The molecule has 0 radical (unpaired) electrons. The van der Waals surface area contributed by atoms with Crippen LogP contribution in [0, 0.1) is 28.6 Å². The summed E-state index contributed by atoms with van der Waals surface area (Å²) >= 11 is 5.34. The van der Waals surface area contributed by atoms with E-state index in [1.807, 2.05) is 13.8 Å². The molecule has 0 unspecified atom stereocenters. The maximum Gasteiger partial charge on any atom is 0.471 e. The molecule has 2 aliphatic heterocycles. The molecule has 15 heteroatoms. The van der Waals surface area contributed by atoms with Crippen molar-refractivity contribution in [1.29, 1.82) is 0 Å². The fourth-order valence-electron chi connectivity index (χ4n) is 5.53. The molecule has 1 aliphatic carbocycles. The van der Waals surface area contributed by atoms with Gasteiger partial charge in [0, 0.05) is 13.1 Å². The number of likely N-dealkylation sites (tertiary alicyclic amines) is 1. The smallest absolute Gasteiger partial charge is 0.356 e. The molecule has 5 amide bonds. The molecule has 3 fully saturated rings. The molecule has 0 aromatic rings. The van der Waals surface area contributed by atoms with Crippen molar-refractivity contribution in [3.8, 4) is 0 Å². The largest absolute Gasteiger partial charge is 0.471 e. The molecule has 10 nitrogen and oxygen atoms in total. The Morgan fingerprint density at radius 1 is 1.23 bits per heavy atom. The van der Waals surface area contributed by atoms with Crippen LogP contribution in [0.2, 0.25) is 0 Å². The van der Waals surface area contributed by atoms with Gasteiger partial charge in [-0.05, 0) is 35.5 Å². The first kappa shape index (κ1) is 30.9. The van der Waals surface area contributed by atoms with Crippen LogP contribution in [0.5, 0.6) is 0 Å². The van der Waals surface area contributed by atoms with Crippen molar-refractivity contribution in [2.24, 2.45) is 28.6 Å². The zero-order valence-corrected chi connectivity index (χ0v) is 23.1. The number of hydrogen-bond donors (Lipinski definition) is 3. The Bertz CT molecular complexity index is 1040. The molecule has 39 heavy (non-hydrogen) atoms. The highest BCUT2D eigenvalue weighted by Gasteiger charge is 2.70. The number of carbonyl (C=O) groups is 5. The third-order valence-electron chi connectivity index (χ3n) is 8.50. The average molecular weight is 584 g/mol. The third-order valence-corrected chi connectivity index (χ3v) is 8.68. The molecule has 1 saturated carbocycles. The summed E-state index contributed by atoms with van der Waals surface area (Å²) in [5.41, 5.74) is -1.73. The maximum atomic E-state index is 13.8. The van der Waals surface area contributed by atoms with Crippen molar-refractivity contribution in [2.75, 3.05) is 19.6 Å². The van der Waals surface area contributed by atoms with Crippen molar-refractivity contribution < 1.29 is 41.5 Å². The van der Waals surface area contributed by atoms with Crippen LogP contribution in [0.1, 0.15) is 47.5 Å². The Hall–Kier alpha value is -2.64. The van der Waals surface area contributed by atoms with Crippen molar-refractivity contribution >= 4 is 41.1 Å². The number of rotatable bonds is 8. The second kappa shape index (κ2) is 10.7. The molecule has 2 heterocycles. The van der Waals surface area contributed by atoms with Crippen LogP contribution in [0.4, 0.5) is 17.6 Å². The molecule has 2 saturated heterocycles. The maximum absolute atomic E-state index is 13.8. The quantitative estimate of drug-likeness (QED) is 0.227. The first-order valence-electron chi connectivity index (χ1n) is 12.7. The van der Waals surface area contributed by atoms with E-state index >= 15 is 0 Å². The second-order valence-electron chi connectivity index (χ2n) is 11.6. The van der Waals surface area contributed by atoms with Gasteiger partial charge in [-0.25, -0.2) is 9.40 Å². The van der Waals surface area contributed by atoms with Crippen LogP contribution in [0.25, 0.3) is 0 Å². The minimum Gasteiger partial charge on any atom is -0.356 e. The molecule has 3 N–H and O–H groups in total. The standard InChI is InChI=1S/C24H34ClF4N5O5/c1-6-22(2,3)15(31-21(39)24(27,28)29)19(37)33-10-12-13(23(12,4)5)14(33)18(36)32-34(20(38)16(25)26)9-11-7-8-30-17(11)35/h11-16H,6-10H2,1-5H3,(H,30,35)(H,31,39)(H,32,36)/t11-,12-,13-,14-,15+,16-/m0/s1. The number of amides is 5. The van der Waals surface area contributed by atoms with E-state index in [4.69, 9.17) is 11.6 Å². The fourth-order valence-corrected chi connectivity index (χ4v) is 5.65. The van der Waals surface area contributed by atoms with Gasteiger partial charge in [-0.15, -0.1) is 0 Å². The molecule has 3 rings (SSSR count). The highest BCUT2D eigenvalue weighted by atomic mass is 35.5. The van der Waals surface area contributed by atoms with Gasteiger partial charge in [0.25, 0.3) is 17.4 Å². The number of halogens is 5. The number of nitrogens with zero attached hydrogens (tertiary/aromatic N) is 2. The Labute approximate surface area is 228 Å². The average Bonchev–Trinajstić information content (AvgIpc) is 3.19. The third kappa shape index (κ3) is 6.09. The zero-order chi connectivity index (χ0) is 29.7. The summed E-state index contributed by atoms with van der Waals surface area (Å²) in [4.78, 5) is 64.7. The Morgan fingerprint density at radius 2 is 1.85 bits per heavy atom. The van der Waals surface area contributed by atoms with Crippen molar-refractivity contribution in [3.63, 3.8) is 0 Å². The van der Waals surface area contributed by atoms with Crippen LogP contribution in [0.3, 0.4) is 0 Å². The molecule has 0 bridgehead atoms. The Balaban J connectivity index is 1.89. The topological polar surface area (TPSA) is 128 Å². The number of carbonyl (C=O) groups excluding carboxylic acids is 5. The molecule has 220 valence electrons. The number of alkyl halides is 5. The normalized spacial score (nSPS) is 27.2. The van der Waals surface area contributed by atoms with Gasteiger partial charge < -0.3 is 15.5 Å². The lowest BCUT2D eigenvalue weighted by Gasteiger charge is -2.39. The van der Waals surface area contributed by atoms with Gasteiger partial charge >= 0.3 is 12.1 Å². The summed E-state index contributed by atoms with van der Waals surface area (Å²) in [6.07, 6.45) is -4.67. The molecular weight excluding hydrogens is 550 g/mol. The zero-order valence-electron chi connectivity index (χ0n) is 22.3. The van der Waals surface area contributed by atoms with E-state index in [1.54, 1.807) is 12.2 Å². The van der Waals surface area contributed by atoms with Gasteiger partial charge in [-0.3, -0.25) is 29.4 Å². The van der Waals surface area contributed by atoms with E-state index in [0.29, 0.717) is 18.0 Å². The van der Waals surface area contributed by atoms with Crippen LogP contribution >= 0.6 is 11.6 Å². The van der Waals surface area contributed by atoms with E-state index < -0.39 is 76.1 Å². The van der Waals surface area contributed by atoms with Gasteiger partial charge in [0.15, 0.2) is 0 Å². The molecule has 0 aromatic carbocycles. The molecule has 6 atom stereocenters. The van der Waals surface area contributed by atoms with E-state index in [9.17, 15) is 41.5 Å². The Morgan fingerprint density at radius 3 is 2.33 bits per heavy atom. The van der Waals surface area contributed by atoms with E-state index in [-0.39, 0.29) is 25.4 Å². The number of hydrogen-bond acceptors (Lipinski definition) is 5. The van der Waals surface area contributed by atoms with Gasteiger partial charge in [-0.2, -0.15) is 13.2 Å². The number of fused-ring (bicyclic) bond motifs is 1. The van der Waals surface area contributed by atoms with Crippen LogP contribution in [-0.2, 0) is 24.0 Å². The lowest BCUT2D eigenvalue weighted by Crippen LogP contribution is -2.62. The minimum absolute atomic E-state index is 0.0347. The summed E-state index contributed by atoms with van der Waals surface area (Å²) in [6.45, 7) is 8.43. The van der Waals surface area contributed by atoms with E-state index in [1.165, 1.54) is 13.8 Å². The van der Waals surface area contributed by atoms with Gasteiger partial charge in [0.2, 0.25) is 11.8 Å². The lowest BCUT2D eigenvalue weighted by atomic mass is 9.80. The first-order chi connectivity index (χ1) is 17.8. The van der Waals surface area contributed by atoms with Crippen molar-refractivity contribution in [2.45, 2.75) is 71.4 Å². The predicted octanol–water partition coefficient (Wildman–Crippen LogP) is 1.48.